The summed E-state index contributed by atoms with van der Waals surface area (Å²) in [4.78, 5) is 10.9. The second-order valence-corrected chi connectivity index (χ2v) is 5.97. The van der Waals surface area contributed by atoms with Gasteiger partial charge in [-0.25, -0.2) is 13.2 Å². The summed E-state index contributed by atoms with van der Waals surface area (Å²) in [6.07, 6.45) is 1.36. The number of aromatic carboxylic acids is 1. The molecule has 1 aromatic heterocycles. The highest BCUT2D eigenvalue weighted by atomic mass is 32.2. The van der Waals surface area contributed by atoms with Crippen LogP contribution < -0.4 is 0 Å². The normalized spacial score (nSPS) is 11.8. The van der Waals surface area contributed by atoms with Gasteiger partial charge in [-0.15, -0.1) is 6.58 Å². The van der Waals surface area contributed by atoms with Crippen molar-refractivity contribution in [2.45, 2.75) is 18.7 Å². The van der Waals surface area contributed by atoms with E-state index in [1.807, 2.05) is 0 Å². The Bertz CT molecular complexity index is 616. The Labute approximate surface area is 117 Å². The van der Waals surface area contributed by atoms with Crippen molar-refractivity contribution in [2.75, 3.05) is 19.7 Å². The molecule has 0 aliphatic carbocycles. The fraction of sp³-hybridized carbons (Fsp3) is 0.417. The maximum atomic E-state index is 12.5. The average Bonchev–Trinajstić information content (AvgIpc) is 2.64. The number of aliphatic hydroxyl groups excluding tert-OH is 1. The SMILES string of the molecule is C=CCN(CCO)S(=O)(=O)c1c(C)oc(C)c1C(=O)O. The number of rotatable bonds is 7. The first-order valence-electron chi connectivity index (χ1n) is 5.82. The van der Waals surface area contributed by atoms with Crippen LogP contribution in [0.1, 0.15) is 21.9 Å². The van der Waals surface area contributed by atoms with Gasteiger partial charge < -0.3 is 14.6 Å². The summed E-state index contributed by atoms with van der Waals surface area (Å²) >= 11 is 0. The zero-order chi connectivity index (χ0) is 15.5. The van der Waals surface area contributed by atoms with Crippen molar-refractivity contribution in [3.63, 3.8) is 0 Å². The molecule has 0 atom stereocenters. The zero-order valence-corrected chi connectivity index (χ0v) is 12.1. The van der Waals surface area contributed by atoms with Crippen LogP contribution >= 0.6 is 0 Å². The molecular weight excluding hydrogens is 286 g/mol. The molecule has 0 unspecified atom stereocenters. The number of carboxylic acids is 1. The lowest BCUT2D eigenvalue weighted by molar-refractivity contribution is 0.0691. The molecule has 112 valence electrons. The Morgan fingerprint density at radius 1 is 1.40 bits per heavy atom. The van der Waals surface area contributed by atoms with E-state index in [1.165, 1.54) is 19.9 Å². The maximum Gasteiger partial charge on any atom is 0.340 e. The van der Waals surface area contributed by atoms with Crippen LogP contribution in [0.4, 0.5) is 0 Å². The first-order chi connectivity index (χ1) is 9.27. The summed E-state index contributed by atoms with van der Waals surface area (Å²) in [6, 6.07) is 0. The predicted octanol–water partition coefficient (Wildman–Crippen LogP) is 0.764. The van der Waals surface area contributed by atoms with E-state index in [4.69, 9.17) is 14.6 Å². The van der Waals surface area contributed by atoms with Gasteiger partial charge in [-0.1, -0.05) is 6.08 Å². The number of hydrogen-bond donors (Lipinski definition) is 2. The minimum atomic E-state index is -4.08. The molecule has 1 aromatic rings. The summed E-state index contributed by atoms with van der Waals surface area (Å²) < 4.78 is 31.1. The lowest BCUT2D eigenvalue weighted by Gasteiger charge is -2.19. The van der Waals surface area contributed by atoms with Gasteiger partial charge in [0, 0.05) is 13.1 Å². The monoisotopic (exact) mass is 303 g/mol. The topological polar surface area (TPSA) is 108 Å². The third-order valence-electron chi connectivity index (χ3n) is 2.70. The van der Waals surface area contributed by atoms with Crippen molar-refractivity contribution in [1.82, 2.24) is 4.31 Å². The molecule has 0 spiro atoms. The average molecular weight is 303 g/mol. The second kappa shape index (κ2) is 6.21. The first-order valence-corrected chi connectivity index (χ1v) is 7.26. The zero-order valence-electron chi connectivity index (χ0n) is 11.3. The second-order valence-electron chi connectivity index (χ2n) is 4.10. The Balaban J connectivity index is 3.48. The van der Waals surface area contributed by atoms with E-state index in [0.29, 0.717) is 0 Å². The molecule has 0 aliphatic rings. The molecule has 0 saturated carbocycles. The van der Waals surface area contributed by atoms with Gasteiger partial charge in [0.15, 0.2) is 0 Å². The van der Waals surface area contributed by atoms with E-state index in [0.717, 1.165) is 4.31 Å². The molecule has 1 rings (SSSR count). The predicted molar refractivity (Wildman–Crippen MR) is 71.2 cm³/mol. The minimum absolute atomic E-state index is 0.00639. The van der Waals surface area contributed by atoms with Crippen molar-refractivity contribution in [3.05, 3.63) is 29.7 Å². The van der Waals surface area contributed by atoms with Crippen molar-refractivity contribution in [3.8, 4) is 0 Å². The van der Waals surface area contributed by atoms with Gasteiger partial charge in [-0.2, -0.15) is 4.31 Å². The lowest BCUT2D eigenvalue weighted by Crippen LogP contribution is -2.34. The lowest BCUT2D eigenvalue weighted by atomic mass is 10.2. The molecule has 0 fully saturated rings. The van der Waals surface area contributed by atoms with Crippen LogP contribution in [0.5, 0.6) is 0 Å². The molecular formula is C12H17NO6S. The molecule has 0 amide bonds. The molecule has 0 aromatic carbocycles. The van der Waals surface area contributed by atoms with E-state index < -0.39 is 16.0 Å². The number of carboxylic acid groups (broad SMARTS) is 1. The fourth-order valence-corrected chi connectivity index (χ4v) is 3.69. The van der Waals surface area contributed by atoms with Crippen molar-refractivity contribution in [1.29, 1.82) is 0 Å². The van der Waals surface area contributed by atoms with E-state index in [1.54, 1.807) is 0 Å². The van der Waals surface area contributed by atoms with Gasteiger partial charge >= 0.3 is 5.97 Å². The quantitative estimate of drug-likeness (QED) is 0.720. The Hall–Kier alpha value is -1.64. The molecule has 0 bridgehead atoms. The summed E-state index contributed by atoms with van der Waals surface area (Å²) in [5, 5.41) is 18.1. The summed E-state index contributed by atoms with van der Waals surface area (Å²) in [6.45, 7) is 5.65. The van der Waals surface area contributed by atoms with Crippen LogP contribution in [0.2, 0.25) is 0 Å². The molecule has 0 radical (unpaired) electrons. The van der Waals surface area contributed by atoms with Gasteiger partial charge in [0.1, 0.15) is 22.0 Å². The van der Waals surface area contributed by atoms with Gasteiger partial charge in [0.25, 0.3) is 0 Å². The van der Waals surface area contributed by atoms with Gasteiger partial charge in [0.2, 0.25) is 10.0 Å². The van der Waals surface area contributed by atoms with Crippen molar-refractivity contribution < 1.29 is 27.8 Å². The number of nitrogens with zero attached hydrogens (tertiary/aromatic N) is 1. The van der Waals surface area contributed by atoms with Crippen molar-refractivity contribution in [2.24, 2.45) is 0 Å². The number of aliphatic hydroxyl groups is 1. The molecule has 0 aliphatic heterocycles. The standard InChI is InChI=1S/C12H17NO6S/c1-4-5-13(6-7-14)20(17,18)11-9(3)19-8(2)10(11)12(15)16/h4,14H,1,5-7H2,2-3H3,(H,15,16). The largest absolute Gasteiger partial charge is 0.478 e. The van der Waals surface area contributed by atoms with Crippen molar-refractivity contribution >= 4 is 16.0 Å². The summed E-state index contributed by atoms with van der Waals surface area (Å²) in [5.74, 6) is -1.34. The number of sulfonamides is 1. The fourth-order valence-electron chi connectivity index (χ4n) is 1.92. The minimum Gasteiger partial charge on any atom is -0.478 e. The molecule has 1 heterocycles. The third kappa shape index (κ3) is 2.92. The third-order valence-corrected chi connectivity index (χ3v) is 4.72. The Morgan fingerprint density at radius 2 is 2.00 bits per heavy atom. The van der Waals surface area contributed by atoms with E-state index in [9.17, 15) is 13.2 Å². The molecule has 7 nitrogen and oxygen atoms in total. The van der Waals surface area contributed by atoms with Gasteiger partial charge in [0.05, 0.1) is 6.61 Å². The van der Waals surface area contributed by atoms with Crippen LogP contribution in [0, 0.1) is 13.8 Å². The van der Waals surface area contributed by atoms with E-state index >= 15 is 0 Å². The summed E-state index contributed by atoms with van der Waals surface area (Å²) in [7, 11) is -4.08. The molecule has 2 N–H and O–H groups in total. The first kappa shape index (κ1) is 16.4. The maximum absolute atomic E-state index is 12.5. The Kier molecular flexibility index (Phi) is 5.09. The molecule has 0 saturated heterocycles. The van der Waals surface area contributed by atoms with Crippen LogP contribution in [0.15, 0.2) is 22.0 Å². The summed E-state index contributed by atoms with van der Waals surface area (Å²) in [5.41, 5.74) is -0.380. The van der Waals surface area contributed by atoms with Gasteiger partial charge in [-0.05, 0) is 13.8 Å². The highest BCUT2D eigenvalue weighted by molar-refractivity contribution is 7.89. The molecule has 8 heteroatoms. The number of carbonyl (C=O) groups is 1. The van der Waals surface area contributed by atoms with E-state index in [2.05, 4.69) is 6.58 Å². The highest BCUT2D eigenvalue weighted by Crippen LogP contribution is 2.29. The number of aryl methyl sites for hydroxylation is 2. The smallest absolute Gasteiger partial charge is 0.340 e. The Morgan fingerprint density at radius 3 is 2.45 bits per heavy atom. The molecule has 20 heavy (non-hydrogen) atoms. The van der Waals surface area contributed by atoms with Crippen LogP contribution in [-0.4, -0.2) is 48.6 Å². The van der Waals surface area contributed by atoms with Gasteiger partial charge in [-0.3, -0.25) is 0 Å². The van der Waals surface area contributed by atoms with E-state index in [-0.39, 0.29) is 41.7 Å². The van der Waals surface area contributed by atoms with Crippen LogP contribution in [0.3, 0.4) is 0 Å². The van der Waals surface area contributed by atoms with Crippen LogP contribution in [-0.2, 0) is 10.0 Å². The highest BCUT2D eigenvalue weighted by Gasteiger charge is 2.34. The number of hydrogen-bond acceptors (Lipinski definition) is 5. The van der Waals surface area contributed by atoms with Crippen LogP contribution in [0.25, 0.3) is 0 Å². The number of furan rings is 1.